The number of Topliss-reactive ketones (excluding diaryl/α,β-unsaturated/α-hetero) is 2. The first-order chi connectivity index (χ1) is 23.4. The summed E-state index contributed by atoms with van der Waals surface area (Å²) in [5, 5.41) is 23.9. The van der Waals surface area contributed by atoms with Crippen molar-refractivity contribution in [3.8, 4) is 23.0 Å². The first-order valence-corrected chi connectivity index (χ1v) is 16.9. The third kappa shape index (κ3) is 8.41. The van der Waals surface area contributed by atoms with Gasteiger partial charge in [-0.15, -0.1) is 0 Å². The molecule has 0 radical (unpaired) electrons. The van der Waals surface area contributed by atoms with Crippen molar-refractivity contribution in [2.24, 2.45) is 0 Å². The Kier molecular flexibility index (Phi) is 15.3. The minimum Gasteiger partial charge on any atom is -0.507 e. The number of aromatic hydroxyl groups is 1. The number of fused-ring (bicyclic) bond motifs is 2. The highest BCUT2D eigenvalue weighted by Crippen LogP contribution is 2.50. The van der Waals surface area contributed by atoms with Gasteiger partial charge < -0.3 is 38.6 Å². The molecule has 10 heteroatoms. The molecule has 1 aliphatic carbocycles. The summed E-state index contributed by atoms with van der Waals surface area (Å²) in [7, 11) is 6.03. The summed E-state index contributed by atoms with van der Waals surface area (Å²) in [6.45, 7) is 17.0. The number of benzene rings is 2. The SMILES string of the molecule is CC.CC.CCC(=O)C1=C(O)/C(=C(/C)OC)C/C(=C(\COC)c2c(OC)cc(OC)c3c(O)c4c(cc23)OC(C)CC4=O)C=C1OC(C)C. The van der Waals surface area contributed by atoms with Crippen LogP contribution in [0.5, 0.6) is 23.0 Å². The smallest absolute Gasteiger partial charge is 0.174 e. The highest BCUT2D eigenvalue weighted by molar-refractivity contribution is 6.13. The minimum atomic E-state index is -0.386. The summed E-state index contributed by atoms with van der Waals surface area (Å²) in [5.74, 6) is 0.548. The normalized spacial score (nSPS) is 17.7. The van der Waals surface area contributed by atoms with Gasteiger partial charge in [0.15, 0.2) is 11.6 Å². The number of carbonyl (C=O) groups excluding carboxylic acids is 2. The van der Waals surface area contributed by atoms with E-state index >= 15 is 0 Å². The number of hydrogen-bond donors (Lipinski definition) is 2. The Morgan fingerprint density at radius 2 is 1.65 bits per heavy atom. The van der Waals surface area contributed by atoms with Gasteiger partial charge in [-0.3, -0.25) is 9.59 Å². The molecule has 2 aliphatic rings. The molecule has 1 aliphatic heterocycles. The fraction of sp³-hybridized carbons (Fsp3) is 0.487. The Morgan fingerprint density at radius 1 is 1.02 bits per heavy atom. The van der Waals surface area contributed by atoms with Crippen LogP contribution in [0.3, 0.4) is 0 Å². The highest BCUT2D eigenvalue weighted by atomic mass is 16.5. The third-order valence-electron chi connectivity index (χ3n) is 7.92. The maximum atomic E-state index is 13.3. The molecular formula is C39H54O10. The lowest BCUT2D eigenvalue weighted by molar-refractivity contribution is -0.115. The first kappa shape index (κ1) is 40.7. The molecular weight excluding hydrogens is 628 g/mol. The molecule has 2 aromatic carbocycles. The molecule has 1 heterocycles. The van der Waals surface area contributed by atoms with Crippen molar-refractivity contribution in [1.29, 1.82) is 0 Å². The Bertz CT molecular complexity index is 1660. The largest absolute Gasteiger partial charge is 0.507 e. The second-order valence-corrected chi connectivity index (χ2v) is 11.3. The number of phenolic OH excluding ortho intramolecular Hbond substituents is 1. The molecule has 0 saturated carbocycles. The van der Waals surface area contributed by atoms with Gasteiger partial charge in [-0.25, -0.2) is 0 Å². The summed E-state index contributed by atoms with van der Waals surface area (Å²) in [6.07, 6.45) is 1.43. The van der Waals surface area contributed by atoms with Crippen molar-refractivity contribution in [3.63, 3.8) is 0 Å². The second kappa shape index (κ2) is 18.4. The van der Waals surface area contributed by atoms with Gasteiger partial charge in [0.05, 0.1) is 45.2 Å². The van der Waals surface area contributed by atoms with Crippen molar-refractivity contribution >= 4 is 27.9 Å². The van der Waals surface area contributed by atoms with Crippen LogP contribution in [0.1, 0.15) is 97.5 Å². The summed E-state index contributed by atoms with van der Waals surface area (Å²) >= 11 is 0. The molecule has 0 spiro atoms. The van der Waals surface area contributed by atoms with E-state index in [0.717, 1.165) is 0 Å². The van der Waals surface area contributed by atoms with Crippen molar-refractivity contribution in [2.45, 2.75) is 93.8 Å². The number of aliphatic hydroxyl groups excluding tert-OH is 1. The molecule has 0 amide bonds. The molecule has 4 rings (SSSR count). The third-order valence-corrected chi connectivity index (χ3v) is 7.92. The number of phenols is 1. The van der Waals surface area contributed by atoms with E-state index in [9.17, 15) is 19.8 Å². The number of allylic oxidation sites excluding steroid dienone is 5. The second-order valence-electron chi connectivity index (χ2n) is 11.3. The van der Waals surface area contributed by atoms with E-state index in [1.54, 1.807) is 46.1 Å². The van der Waals surface area contributed by atoms with E-state index in [4.69, 9.17) is 28.4 Å². The molecule has 0 bridgehead atoms. The minimum absolute atomic E-state index is 0.0588. The van der Waals surface area contributed by atoms with Crippen molar-refractivity contribution in [1.82, 2.24) is 0 Å². The number of ketones is 2. The zero-order valence-electron chi connectivity index (χ0n) is 31.4. The molecule has 0 saturated heterocycles. The van der Waals surface area contributed by atoms with Crippen molar-refractivity contribution in [3.05, 3.63) is 63.3 Å². The van der Waals surface area contributed by atoms with Crippen LogP contribution in [0.2, 0.25) is 0 Å². The van der Waals surface area contributed by atoms with E-state index in [0.29, 0.717) is 50.3 Å². The lowest BCUT2D eigenvalue weighted by Gasteiger charge is -2.26. The van der Waals surface area contributed by atoms with Crippen LogP contribution in [-0.4, -0.2) is 69.0 Å². The lowest BCUT2D eigenvalue weighted by Crippen LogP contribution is -2.24. The lowest BCUT2D eigenvalue weighted by atomic mass is 9.88. The molecule has 270 valence electrons. The number of ether oxygens (including phenoxy) is 6. The molecule has 0 fully saturated rings. The van der Waals surface area contributed by atoms with Crippen molar-refractivity contribution < 1.29 is 48.2 Å². The van der Waals surface area contributed by atoms with Gasteiger partial charge >= 0.3 is 0 Å². The number of methoxy groups -OCH3 is 4. The standard InChI is InChI=1S/C35H42O10.2C2H6/c1-10-24(36)32-28(44-17(2)3)13-20(12-21(34(32)38)19(5)41-7)23(16-40-6)30-22-14-29-33(25(37)11-18(4)45-29)35(39)31(22)27(43-9)15-26(30)42-8;2*1-2/h13-15,17-18,38-39H,10-12,16H2,1-9H3;2*1-2H3/b21-19-,23-20-;;. The van der Waals surface area contributed by atoms with Gasteiger partial charge in [0.1, 0.15) is 51.8 Å². The quantitative estimate of drug-likeness (QED) is 0.235. The van der Waals surface area contributed by atoms with Gasteiger partial charge in [-0.2, -0.15) is 0 Å². The Balaban J connectivity index is 0.00000201. The highest BCUT2D eigenvalue weighted by Gasteiger charge is 2.33. The Labute approximate surface area is 291 Å². The average molecular weight is 683 g/mol. The van der Waals surface area contributed by atoms with Crippen LogP contribution in [0.25, 0.3) is 16.3 Å². The zero-order chi connectivity index (χ0) is 37.2. The van der Waals surface area contributed by atoms with Crippen LogP contribution in [0.4, 0.5) is 0 Å². The molecule has 1 unspecified atom stereocenters. The fourth-order valence-electron chi connectivity index (χ4n) is 5.80. The van der Waals surface area contributed by atoms with E-state index < -0.39 is 0 Å². The maximum absolute atomic E-state index is 13.3. The molecule has 1 atom stereocenters. The predicted molar refractivity (Wildman–Crippen MR) is 193 cm³/mol. The van der Waals surface area contributed by atoms with Gasteiger partial charge in [0.2, 0.25) is 0 Å². The Hall–Kier alpha value is -4.44. The fourth-order valence-corrected chi connectivity index (χ4v) is 5.80. The van der Waals surface area contributed by atoms with Crippen LogP contribution in [0.15, 0.2) is 52.2 Å². The van der Waals surface area contributed by atoms with Crippen molar-refractivity contribution in [2.75, 3.05) is 35.0 Å². The zero-order valence-corrected chi connectivity index (χ0v) is 31.4. The summed E-state index contributed by atoms with van der Waals surface area (Å²) in [4.78, 5) is 26.3. The van der Waals surface area contributed by atoms with E-state index in [1.165, 1.54) is 21.3 Å². The van der Waals surface area contributed by atoms with Gasteiger partial charge in [0.25, 0.3) is 0 Å². The number of hydrogen-bond acceptors (Lipinski definition) is 10. The molecule has 2 aromatic rings. The number of carbonyl (C=O) groups is 2. The summed E-state index contributed by atoms with van der Waals surface area (Å²) < 4.78 is 35.1. The summed E-state index contributed by atoms with van der Waals surface area (Å²) in [5.41, 5.74) is 2.34. The monoisotopic (exact) mass is 682 g/mol. The molecule has 49 heavy (non-hydrogen) atoms. The average Bonchev–Trinajstić information content (AvgIpc) is 3.22. The summed E-state index contributed by atoms with van der Waals surface area (Å²) in [6, 6.07) is 3.35. The molecule has 10 nitrogen and oxygen atoms in total. The van der Waals surface area contributed by atoms with Crippen LogP contribution in [-0.2, 0) is 19.0 Å². The topological polar surface area (TPSA) is 130 Å². The number of aliphatic hydroxyl groups is 1. The first-order valence-electron chi connectivity index (χ1n) is 16.9. The van der Waals surface area contributed by atoms with Crippen LogP contribution >= 0.6 is 0 Å². The molecule has 0 aromatic heterocycles. The van der Waals surface area contributed by atoms with E-state index in [-0.39, 0.29) is 83.8 Å². The number of rotatable bonds is 10. The van der Waals surface area contributed by atoms with E-state index in [2.05, 4.69) is 0 Å². The van der Waals surface area contributed by atoms with Gasteiger partial charge in [-0.05, 0) is 51.0 Å². The molecule has 2 N–H and O–H groups in total. The van der Waals surface area contributed by atoms with Crippen LogP contribution in [0, 0.1) is 0 Å². The van der Waals surface area contributed by atoms with Gasteiger partial charge in [-0.1, -0.05) is 34.6 Å². The predicted octanol–water partition coefficient (Wildman–Crippen LogP) is 8.79. The van der Waals surface area contributed by atoms with E-state index in [1.807, 2.05) is 41.5 Å². The van der Waals surface area contributed by atoms with Crippen LogP contribution < -0.4 is 14.2 Å². The van der Waals surface area contributed by atoms with Gasteiger partial charge in [0, 0.05) is 49.0 Å². The Morgan fingerprint density at radius 3 is 2.18 bits per heavy atom. The maximum Gasteiger partial charge on any atom is 0.174 e.